The first-order valence-electron chi connectivity index (χ1n) is 6.42. The lowest BCUT2D eigenvalue weighted by Gasteiger charge is -2.28. The summed E-state index contributed by atoms with van der Waals surface area (Å²) in [5, 5.41) is 11.4. The Morgan fingerprint density at radius 3 is 2.38 bits per heavy atom. The highest BCUT2D eigenvalue weighted by molar-refractivity contribution is 6.30. The van der Waals surface area contributed by atoms with Gasteiger partial charge in [0.15, 0.2) is 0 Å². The Bertz CT molecular complexity index is 658. The van der Waals surface area contributed by atoms with Crippen LogP contribution in [0, 0.1) is 10.1 Å². The largest absolute Gasteiger partial charge is 0.397 e. The van der Waals surface area contributed by atoms with E-state index in [2.05, 4.69) is 0 Å². The standard InChI is InChI=1S/C15H16ClN3O2/c1-10(11-3-5-12(16)6-4-11)18(2)15-8-7-13(19(20)21)9-14(15)17/h3-10H,17H2,1-2H3. The van der Waals surface area contributed by atoms with Crippen molar-refractivity contribution in [2.45, 2.75) is 13.0 Å². The highest BCUT2D eigenvalue weighted by Gasteiger charge is 2.16. The van der Waals surface area contributed by atoms with E-state index in [4.69, 9.17) is 17.3 Å². The lowest BCUT2D eigenvalue weighted by atomic mass is 10.1. The molecule has 0 saturated heterocycles. The number of hydrogen-bond donors (Lipinski definition) is 1. The lowest BCUT2D eigenvalue weighted by molar-refractivity contribution is -0.384. The van der Waals surface area contributed by atoms with Gasteiger partial charge in [-0.2, -0.15) is 0 Å². The van der Waals surface area contributed by atoms with Crippen molar-refractivity contribution in [3.05, 3.63) is 63.2 Å². The zero-order valence-electron chi connectivity index (χ0n) is 11.8. The maximum Gasteiger partial charge on any atom is 0.271 e. The third-order valence-corrected chi connectivity index (χ3v) is 3.79. The van der Waals surface area contributed by atoms with Crippen molar-refractivity contribution >= 4 is 28.7 Å². The second-order valence-electron chi connectivity index (χ2n) is 4.84. The molecule has 0 bridgehead atoms. The Morgan fingerprint density at radius 2 is 1.86 bits per heavy atom. The molecule has 0 aliphatic rings. The lowest BCUT2D eigenvalue weighted by Crippen LogP contribution is -2.22. The molecule has 21 heavy (non-hydrogen) atoms. The summed E-state index contributed by atoms with van der Waals surface area (Å²) in [6.45, 7) is 2.03. The Kier molecular flexibility index (Phi) is 4.33. The van der Waals surface area contributed by atoms with Gasteiger partial charge in [0.25, 0.3) is 5.69 Å². The van der Waals surface area contributed by atoms with Crippen LogP contribution in [-0.2, 0) is 0 Å². The molecule has 0 heterocycles. The number of hydrogen-bond acceptors (Lipinski definition) is 4. The van der Waals surface area contributed by atoms with Crippen molar-refractivity contribution in [2.75, 3.05) is 17.7 Å². The second-order valence-corrected chi connectivity index (χ2v) is 5.28. The molecular formula is C15H16ClN3O2. The highest BCUT2D eigenvalue weighted by atomic mass is 35.5. The third kappa shape index (κ3) is 3.25. The van der Waals surface area contributed by atoms with Gasteiger partial charge in [-0.1, -0.05) is 23.7 Å². The predicted octanol–water partition coefficient (Wildman–Crippen LogP) is 4.03. The first-order valence-corrected chi connectivity index (χ1v) is 6.80. The number of anilines is 2. The fraction of sp³-hybridized carbons (Fsp3) is 0.200. The number of non-ortho nitro benzene ring substituents is 1. The fourth-order valence-electron chi connectivity index (χ4n) is 2.15. The van der Waals surface area contributed by atoms with Gasteiger partial charge in [0.05, 0.1) is 22.3 Å². The van der Waals surface area contributed by atoms with Gasteiger partial charge in [-0.25, -0.2) is 0 Å². The molecule has 5 nitrogen and oxygen atoms in total. The summed E-state index contributed by atoms with van der Waals surface area (Å²) in [4.78, 5) is 12.3. The van der Waals surface area contributed by atoms with Gasteiger partial charge in [-0.15, -0.1) is 0 Å². The number of halogens is 1. The van der Waals surface area contributed by atoms with Crippen LogP contribution in [0.15, 0.2) is 42.5 Å². The molecule has 2 aromatic carbocycles. The summed E-state index contributed by atoms with van der Waals surface area (Å²) in [5.74, 6) is 0. The smallest absolute Gasteiger partial charge is 0.271 e. The maximum absolute atomic E-state index is 10.7. The molecule has 6 heteroatoms. The van der Waals surface area contributed by atoms with Gasteiger partial charge in [0.1, 0.15) is 0 Å². The molecule has 0 aromatic heterocycles. The Labute approximate surface area is 128 Å². The van der Waals surface area contributed by atoms with Crippen molar-refractivity contribution in [1.82, 2.24) is 0 Å². The van der Waals surface area contributed by atoms with Crippen LogP contribution in [0.2, 0.25) is 5.02 Å². The quantitative estimate of drug-likeness (QED) is 0.526. The summed E-state index contributed by atoms with van der Waals surface area (Å²) >= 11 is 5.89. The molecule has 1 atom stereocenters. The fourth-order valence-corrected chi connectivity index (χ4v) is 2.28. The molecule has 2 aromatic rings. The number of nitrogen functional groups attached to an aromatic ring is 1. The van der Waals surface area contributed by atoms with Crippen LogP contribution in [0.25, 0.3) is 0 Å². The molecular weight excluding hydrogens is 290 g/mol. The van der Waals surface area contributed by atoms with Gasteiger partial charge in [0.2, 0.25) is 0 Å². The highest BCUT2D eigenvalue weighted by Crippen LogP contribution is 2.32. The van der Waals surface area contributed by atoms with E-state index in [0.29, 0.717) is 10.7 Å². The van der Waals surface area contributed by atoms with Crippen LogP contribution in [0.5, 0.6) is 0 Å². The minimum absolute atomic E-state index is 0.0104. The summed E-state index contributed by atoms with van der Waals surface area (Å²) in [5.41, 5.74) is 8.14. The van der Waals surface area contributed by atoms with Crippen molar-refractivity contribution in [3.63, 3.8) is 0 Å². The normalized spacial score (nSPS) is 12.0. The second kappa shape index (κ2) is 6.01. The van der Waals surface area contributed by atoms with E-state index in [1.807, 2.05) is 43.1 Å². The first kappa shape index (κ1) is 15.1. The zero-order valence-corrected chi connectivity index (χ0v) is 12.5. The van der Waals surface area contributed by atoms with Crippen LogP contribution in [0.1, 0.15) is 18.5 Å². The molecule has 0 fully saturated rings. The first-order chi connectivity index (χ1) is 9.90. The average molecular weight is 306 g/mol. The zero-order chi connectivity index (χ0) is 15.6. The van der Waals surface area contributed by atoms with Crippen LogP contribution in [0.3, 0.4) is 0 Å². The molecule has 0 aliphatic heterocycles. The molecule has 0 amide bonds. The Balaban J connectivity index is 2.28. The van der Waals surface area contributed by atoms with Crippen molar-refractivity contribution in [3.8, 4) is 0 Å². The van der Waals surface area contributed by atoms with Gasteiger partial charge >= 0.3 is 0 Å². The molecule has 0 aliphatic carbocycles. The number of benzene rings is 2. The summed E-state index contributed by atoms with van der Waals surface area (Å²) in [6.07, 6.45) is 0. The van der Waals surface area contributed by atoms with Crippen LogP contribution < -0.4 is 10.6 Å². The number of nitrogens with zero attached hydrogens (tertiary/aromatic N) is 2. The van der Waals surface area contributed by atoms with E-state index in [0.717, 1.165) is 11.3 Å². The number of nitro benzene ring substituents is 1. The van der Waals surface area contributed by atoms with Gasteiger partial charge in [-0.05, 0) is 30.7 Å². The topological polar surface area (TPSA) is 72.4 Å². The Morgan fingerprint density at radius 1 is 1.24 bits per heavy atom. The van der Waals surface area contributed by atoms with Gasteiger partial charge in [0, 0.05) is 24.2 Å². The van der Waals surface area contributed by atoms with Crippen molar-refractivity contribution in [1.29, 1.82) is 0 Å². The summed E-state index contributed by atoms with van der Waals surface area (Å²) < 4.78 is 0. The minimum atomic E-state index is -0.456. The van der Waals surface area contributed by atoms with E-state index in [9.17, 15) is 10.1 Å². The number of nitrogens with two attached hydrogens (primary N) is 1. The van der Waals surface area contributed by atoms with E-state index in [1.165, 1.54) is 12.1 Å². The predicted molar refractivity (Wildman–Crippen MR) is 85.8 cm³/mol. The third-order valence-electron chi connectivity index (χ3n) is 3.54. The average Bonchev–Trinajstić information content (AvgIpc) is 2.46. The van der Waals surface area contributed by atoms with Crippen molar-refractivity contribution < 1.29 is 4.92 Å². The maximum atomic E-state index is 10.7. The SMILES string of the molecule is CC(c1ccc(Cl)cc1)N(C)c1ccc([N+](=O)[O-])cc1N. The van der Waals surface area contributed by atoms with Crippen LogP contribution in [0.4, 0.5) is 17.1 Å². The molecule has 2 N–H and O–H groups in total. The molecule has 0 radical (unpaired) electrons. The van der Waals surface area contributed by atoms with Gasteiger partial charge in [-0.3, -0.25) is 10.1 Å². The van der Waals surface area contributed by atoms with Crippen LogP contribution in [-0.4, -0.2) is 12.0 Å². The molecule has 0 saturated carbocycles. The summed E-state index contributed by atoms with van der Waals surface area (Å²) in [7, 11) is 1.90. The molecule has 1 unspecified atom stereocenters. The van der Waals surface area contributed by atoms with E-state index >= 15 is 0 Å². The van der Waals surface area contributed by atoms with E-state index < -0.39 is 4.92 Å². The number of nitro groups is 1. The summed E-state index contributed by atoms with van der Waals surface area (Å²) in [6, 6.07) is 12.1. The Hall–Kier alpha value is -2.27. The van der Waals surface area contributed by atoms with E-state index in [1.54, 1.807) is 6.07 Å². The molecule has 2 rings (SSSR count). The van der Waals surface area contributed by atoms with Crippen molar-refractivity contribution in [2.24, 2.45) is 0 Å². The molecule has 110 valence electrons. The minimum Gasteiger partial charge on any atom is -0.397 e. The van der Waals surface area contributed by atoms with Gasteiger partial charge < -0.3 is 10.6 Å². The number of rotatable bonds is 4. The van der Waals surface area contributed by atoms with E-state index in [-0.39, 0.29) is 11.7 Å². The van der Waals surface area contributed by atoms with Crippen LogP contribution >= 0.6 is 11.6 Å². The molecule has 0 spiro atoms. The monoisotopic (exact) mass is 305 g/mol.